The molecule has 122 valence electrons. The van der Waals surface area contributed by atoms with E-state index in [9.17, 15) is 4.39 Å². The lowest BCUT2D eigenvalue weighted by Crippen LogP contribution is -2.21. The molecule has 24 heavy (non-hydrogen) atoms. The van der Waals surface area contributed by atoms with Gasteiger partial charge in [-0.15, -0.1) is 0 Å². The largest absolute Gasteiger partial charge is 0.326 e. The van der Waals surface area contributed by atoms with Crippen molar-refractivity contribution in [2.24, 2.45) is 0 Å². The maximum atomic E-state index is 13.5. The maximum absolute atomic E-state index is 13.5. The van der Waals surface area contributed by atoms with Crippen LogP contribution in [0.3, 0.4) is 0 Å². The van der Waals surface area contributed by atoms with E-state index in [4.69, 9.17) is 5.41 Å². The van der Waals surface area contributed by atoms with Gasteiger partial charge in [0.05, 0.1) is 0 Å². The summed E-state index contributed by atoms with van der Waals surface area (Å²) in [7, 11) is 0. The second kappa shape index (κ2) is 6.71. The van der Waals surface area contributed by atoms with Gasteiger partial charge in [-0.2, -0.15) is 0 Å². The third-order valence-corrected chi connectivity index (χ3v) is 3.95. The van der Waals surface area contributed by atoms with Crippen LogP contribution in [0.15, 0.2) is 60.7 Å². The van der Waals surface area contributed by atoms with Crippen molar-refractivity contribution < 1.29 is 4.39 Å². The highest BCUT2D eigenvalue weighted by Crippen LogP contribution is 2.26. The highest BCUT2D eigenvalue weighted by atomic mass is 19.1. The summed E-state index contributed by atoms with van der Waals surface area (Å²) in [6.45, 7) is 4.23. The molecule has 3 nitrogen and oxygen atoms in total. The highest BCUT2D eigenvalue weighted by molar-refractivity contribution is 6.07. The number of fused-ring (bicyclic) bond motifs is 1. The fourth-order valence-electron chi connectivity index (χ4n) is 2.77. The Bertz CT molecular complexity index is 887. The van der Waals surface area contributed by atoms with Crippen LogP contribution in [-0.2, 0) is 0 Å². The van der Waals surface area contributed by atoms with Crippen molar-refractivity contribution in [3.05, 3.63) is 72.0 Å². The molecule has 0 radical (unpaired) electrons. The monoisotopic (exact) mass is 321 g/mol. The molecule has 0 saturated carbocycles. The van der Waals surface area contributed by atoms with Crippen LogP contribution in [0, 0.1) is 11.2 Å². The second-order valence-corrected chi connectivity index (χ2v) is 6.04. The molecule has 0 amide bonds. The highest BCUT2D eigenvalue weighted by Gasteiger charge is 2.09. The molecule has 0 aliphatic carbocycles. The lowest BCUT2D eigenvalue weighted by Gasteiger charge is -2.16. The molecule has 3 aromatic rings. The molecule has 3 rings (SSSR count). The summed E-state index contributed by atoms with van der Waals surface area (Å²) in [4.78, 5) is 0. The zero-order valence-electron chi connectivity index (χ0n) is 13.7. The van der Waals surface area contributed by atoms with Crippen LogP contribution in [-0.4, -0.2) is 5.96 Å². The molecule has 0 aliphatic rings. The minimum atomic E-state index is -0.290. The van der Waals surface area contributed by atoms with E-state index in [0.717, 1.165) is 22.0 Å². The summed E-state index contributed by atoms with van der Waals surface area (Å²) >= 11 is 0. The van der Waals surface area contributed by atoms with Crippen molar-refractivity contribution in [2.45, 2.75) is 19.8 Å². The van der Waals surface area contributed by atoms with Gasteiger partial charge in [-0.05, 0) is 41.1 Å². The molecule has 0 saturated heterocycles. The molecule has 3 N–H and O–H groups in total. The first-order valence-electron chi connectivity index (χ1n) is 7.94. The van der Waals surface area contributed by atoms with Crippen LogP contribution in [0.4, 0.5) is 15.8 Å². The summed E-state index contributed by atoms with van der Waals surface area (Å²) in [5, 5.41) is 16.0. The number of benzene rings is 3. The first kappa shape index (κ1) is 16.0. The Kier molecular flexibility index (Phi) is 4.47. The lowest BCUT2D eigenvalue weighted by molar-refractivity contribution is 0.630. The average molecular weight is 321 g/mol. The zero-order valence-corrected chi connectivity index (χ0v) is 13.7. The fraction of sp³-hybridized carbons (Fsp3) is 0.150. The second-order valence-electron chi connectivity index (χ2n) is 6.04. The number of hydrogen-bond acceptors (Lipinski definition) is 1. The number of anilines is 2. The first-order valence-corrected chi connectivity index (χ1v) is 7.94. The molecule has 0 bridgehead atoms. The molecule has 0 atom stereocenters. The SMILES string of the molecule is CC(C)c1ccccc1NC(=N)Nc1cccc2ccc(F)cc12. The van der Waals surface area contributed by atoms with Crippen molar-refractivity contribution in [1.29, 1.82) is 5.41 Å². The minimum absolute atomic E-state index is 0.153. The van der Waals surface area contributed by atoms with Crippen LogP contribution in [0.2, 0.25) is 0 Å². The van der Waals surface area contributed by atoms with E-state index in [0.29, 0.717) is 11.6 Å². The predicted molar refractivity (Wildman–Crippen MR) is 99.4 cm³/mol. The van der Waals surface area contributed by atoms with Gasteiger partial charge in [-0.1, -0.05) is 50.2 Å². The first-order chi connectivity index (χ1) is 11.5. The minimum Gasteiger partial charge on any atom is -0.326 e. The normalized spacial score (nSPS) is 10.8. The number of hydrogen-bond donors (Lipinski definition) is 3. The number of rotatable bonds is 3. The molecule has 0 spiro atoms. The fourth-order valence-corrected chi connectivity index (χ4v) is 2.77. The molecule has 0 aliphatic heterocycles. The summed E-state index contributed by atoms with van der Waals surface area (Å²) in [6, 6.07) is 18.2. The van der Waals surface area contributed by atoms with E-state index < -0.39 is 0 Å². The van der Waals surface area contributed by atoms with Gasteiger partial charge in [-0.25, -0.2) is 4.39 Å². The Morgan fingerprint density at radius 2 is 1.62 bits per heavy atom. The predicted octanol–water partition coefficient (Wildman–Crippen LogP) is 5.56. The third kappa shape index (κ3) is 3.38. The quantitative estimate of drug-likeness (QED) is 0.437. The standard InChI is InChI=1S/C20H20FN3/c1-13(2)16-7-3-4-8-18(16)23-20(22)24-19-9-5-6-14-10-11-15(21)12-17(14)19/h3-13H,1-2H3,(H3,22,23,24). The van der Waals surface area contributed by atoms with Gasteiger partial charge in [0, 0.05) is 16.8 Å². The lowest BCUT2D eigenvalue weighted by atomic mass is 10.0. The van der Waals surface area contributed by atoms with Gasteiger partial charge in [-0.3, -0.25) is 5.41 Å². The van der Waals surface area contributed by atoms with Crippen molar-refractivity contribution >= 4 is 28.1 Å². The molecule has 0 unspecified atom stereocenters. The molecular weight excluding hydrogens is 301 g/mol. The third-order valence-electron chi connectivity index (χ3n) is 3.95. The summed E-state index contributed by atoms with van der Waals surface area (Å²) in [5.74, 6) is 0.217. The molecular formula is C20H20FN3. The Labute approximate surface area is 141 Å². The van der Waals surface area contributed by atoms with Gasteiger partial charge in [0.15, 0.2) is 5.96 Å². The zero-order chi connectivity index (χ0) is 17.1. The molecule has 0 aromatic heterocycles. The van der Waals surface area contributed by atoms with E-state index >= 15 is 0 Å². The van der Waals surface area contributed by atoms with Crippen LogP contribution >= 0.6 is 0 Å². The smallest absolute Gasteiger partial charge is 0.197 e. The molecule has 4 heteroatoms. The van der Waals surface area contributed by atoms with Crippen molar-refractivity contribution in [3.8, 4) is 0 Å². The van der Waals surface area contributed by atoms with E-state index in [1.807, 2.05) is 42.5 Å². The van der Waals surface area contributed by atoms with E-state index in [1.165, 1.54) is 12.1 Å². The Morgan fingerprint density at radius 3 is 2.42 bits per heavy atom. The summed E-state index contributed by atoms with van der Waals surface area (Å²) in [6.07, 6.45) is 0. The van der Waals surface area contributed by atoms with Gasteiger partial charge in [0.25, 0.3) is 0 Å². The van der Waals surface area contributed by atoms with Gasteiger partial charge in [0.1, 0.15) is 5.82 Å². The van der Waals surface area contributed by atoms with Gasteiger partial charge >= 0.3 is 0 Å². The van der Waals surface area contributed by atoms with Crippen LogP contribution in [0.5, 0.6) is 0 Å². The Morgan fingerprint density at radius 1 is 0.917 bits per heavy atom. The molecule has 3 aromatic carbocycles. The van der Waals surface area contributed by atoms with Gasteiger partial charge < -0.3 is 10.6 Å². The number of nitrogens with one attached hydrogen (secondary N) is 3. The number of guanidine groups is 1. The maximum Gasteiger partial charge on any atom is 0.197 e. The summed E-state index contributed by atoms with van der Waals surface area (Å²) < 4.78 is 13.5. The van der Waals surface area contributed by atoms with Crippen LogP contribution in [0.25, 0.3) is 10.8 Å². The average Bonchev–Trinajstić information content (AvgIpc) is 2.55. The van der Waals surface area contributed by atoms with Crippen LogP contribution < -0.4 is 10.6 Å². The Hall–Kier alpha value is -2.88. The topological polar surface area (TPSA) is 47.9 Å². The summed E-state index contributed by atoms with van der Waals surface area (Å²) in [5.41, 5.74) is 2.75. The molecule has 0 heterocycles. The van der Waals surface area contributed by atoms with Gasteiger partial charge in [0.2, 0.25) is 0 Å². The van der Waals surface area contributed by atoms with Crippen molar-refractivity contribution in [1.82, 2.24) is 0 Å². The van der Waals surface area contributed by atoms with E-state index in [-0.39, 0.29) is 11.8 Å². The molecule has 0 fully saturated rings. The number of para-hydroxylation sites is 1. The van der Waals surface area contributed by atoms with E-state index in [1.54, 1.807) is 6.07 Å². The Balaban J connectivity index is 1.85. The van der Waals surface area contributed by atoms with E-state index in [2.05, 4.69) is 24.5 Å². The van der Waals surface area contributed by atoms with Crippen molar-refractivity contribution in [2.75, 3.05) is 10.6 Å². The van der Waals surface area contributed by atoms with Crippen molar-refractivity contribution in [3.63, 3.8) is 0 Å². The number of halogens is 1. The van der Waals surface area contributed by atoms with Crippen LogP contribution in [0.1, 0.15) is 25.3 Å².